The molecule has 6 nitrogen and oxygen atoms in total. The molecule has 0 aromatic carbocycles. The van der Waals surface area contributed by atoms with Crippen LogP contribution in [0.1, 0.15) is 0 Å². The van der Waals surface area contributed by atoms with Crippen molar-refractivity contribution in [1.29, 1.82) is 15.8 Å². The number of hydrogen-bond donors (Lipinski definition) is 3. The van der Waals surface area contributed by atoms with Crippen LogP contribution in [0, 0.1) is 32.0 Å². The average molecular weight is 453 g/mol. The van der Waals surface area contributed by atoms with Crippen LogP contribution in [0.15, 0.2) is 0 Å². The van der Waals surface area contributed by atoms with Gasteiger partial charge in [0.05, 0.1) is 0 Å². The summed E-state index contributed by atoms with van der Waals surface area (Å²) in [7, 11) is -2.62. The summed E-state index contributed by atoms with van der Waals surface area (Å²) in [4.78, 5) is 21.7. The molecule has 0 aromatic heterocycles. The summed E-state index contributed by atoms with van der Waals surface area (Å²) in [5.74, 6) is 0. The Hall–Kier alpha value is 0.180. The first-order chi connectivity index (χ1) is 5.97. The first kappa shape index (κ1) is 29.2. The van der Waals surface area contributed by atoms with Gasteiger partial charge in [-0.3, -0.25) is 0 Å². The van der Waals surface area contributed by atoms with Crippen LogP contribution in [0.25, 0.3) is 0 Å². The molecule has 0 heterocycles. The zero-order chi connectivity index (χ0) is 11.7. The van der Waals surface area contributed by atoms with Crippen molar-refractivity contribution >= 4 is 46.5 Å². The van der Waals surface area contributed by atoms with Gasteiger partial charge >= 0.3 is 31.0 Å². The smallest absolute Gasteiger partial charge is 0.696 e. The molecule has 0 spiro atoms. The summed E-state index contributed by atoms with van der Waals surface area (Å²) in [6, 6.07) is 0. The zero-order valence-corrected chi connectivity index (χ0v) is 11.7. The molecule has 0 bridgehead atoms. The largest absolute Gasteiger partial charge is 3.00 e. The van der Waals surface area contributed by atoms with Gasteiger partial charge in [-0.25, -0.2) is 15.8 Å². The summed E-state index contributed by atoms with van der Waals surface area (Å²) >= 11 is 11.1. The third-order valence-corrected chi connectivity index (χ3v) is 0. The first-order valence-electron chi connectivity index (χ1n) is 1.88. The Balaban J connectivity index is -0.0000000254. The van der Waals surface area contributed by atoms with E-state index in [1.54, 1.807) is 0 Å². The number of hydrogen-bond acceptors (Lipinski definition) is 9. The fraction of sp³-hybridized carbons (Fsp3) is 0. The van der Waals surface area contributed by atoms with E-state index in [1.165, 1.54) is 16.2 Å². The maximum absolute atomic E-state index is 7.23. The molecule has 14 heavy (non-hydrogen) atoms. The van der Waals surface area contributed by atoms with Crippen LogP contribution in [-0.4, -0.2) is 14.7 Å². The van der Waals surface area contributed by atoms with Gasteiger partial charge in [0, 0.05) is 0 Å². The standard InChI is InChI=1S/3CHNS.Au.H3O3P/c3*2-1-3;;1-4(2)3/h3*3H;;1-3H/q;;;+3;/p-3. The summed E-state index contributed by atoms with van der Waals surface area (Å²) in [5, 5.41) is 25.4. The minimum absolute atomic E-state index is 0. The molecule has 0 aliphatic rings. The van der Waals surface area contributed by atoms with Crippen molar-refractivity contribution in [1.82, 2.24) is 0 Å². The molecule has 0 atom stereocenters. The van der Waals surface area contributed by atoms with Crippen molar-refractivity contribution in [2.75, 3.05) is 0 Å². The van der Waals surface area contributed by atoms with Crippen LogP contribution in [-0.2, 0) is 60.3 Å². The van der Waals surface area contributed by atoms with Gasteiger partial charge in [0.1, 0.15) is 0 Å². The third-order valence-electron chi connectivity index (χ3n) is 0. The summed E-state index contributed by atoms with van der Waals surface area (Å²) in [5.41, 5.74) is 0. The fourth-order valence-electron chi connectivity index (χ4n) is 0. The fourth-order valence-corrected chi connectivity index (χ4v) is 0. The Labute approximate surface area is 115 Å². The second kappa shape index (κ2) is 51.2. The number of nitrogens with zero attached hydrogens (tertiary/aromatic N) is 3. The molecule has 0 fully saturated rings. The van der Waals surface area contributed by atoms with Gasteiger partial charge in [0.15, 0.2) is 0 Å². The van der Waals surface area contributed by atoms with Crippen molar-refractivity contribution in [3.05, 3.63) is 0 Å². The predicted octanol–water partition coefficient (Wildman–Crippen LogP) is -0.769. The van der Waals surface area contributed by atoms with Crippen molar-refractivity contribution in [2.24, 2.45) is 0 Å². The quantitative estimate of drug-likeness (QED) is 0.187. The Kier molecular flexibility index (Phi) is 107. The van der Waals surface area contributed by atoms with E-state index in [0.717, 1.165) is 0 Å². The zero-order valence-electron chi connectivity index (χ0n) is 6.16. The predicted molar refractivity (Wildman–Crippen MR) is 52.5 cm³/mol. The van der Waals surface area contributed by atoms with Crippen LogP contribution in [0.5, 0.6) is 0 Å². The first-order valence-corrected chi connectivity index (χ1v) is 4.31. The van der Waals surface area contributed by atoms with Crippen LogP contribution >= 0.6 is 8.60 Å². The van der Waals surface area contributed by atoms with Gasteiger partial charge in [-0.15, -0.1) is 0 Å². The second-order valence-electron chi connectivity index (χ2n) is 0.542. The van der Waals surface area contributed by atoms with Gasteiger partial charge in [-0.2, -0.15) is 0 Å². The summed E-state index contributed by atoms with van der Waals surface area (Å²) < 4.78 is 0. The third kappa shape index (κ3) is 46900. The molecule has 0 saturated heterocycles. The van der Waals surface area contributed by atoms with E-state index in [9.17, 15) is 0 Å². The second-order valence-corrected chi connectivity index (χ2v) is 1.63. The minimum Gasteiger partial charge on any atom is -0.696 e. The molecular formula is C3H3AuN3O3PS3. The van der Waals surface area contributed by atoms with Crippen molar-refractivity contribution in [3.8, 4) is 16.2 Å². The molecule has 0 amide bonds. The van der Waals surface area contributed by atoms with Gasteiger partial charge in [0.25, 0.3) is 0 Å². The average Bonchev–Trinajstić information content (AvgIpc) is 1.88. The van der Waals surface area contributed by atoms with Crippen LogP contribution in [0.2, 0.25) is 0 Å². The topological polar surface area (TPSA) is 132 Å². The molecule has 3 N–H and O–H groups in total. The molecule has 0 rings (SSSR count). The Morgan fingerprint density at radius 2 is 0.786 bits per heavy atom. The maximum atomic E-state index is 7.23. The van der Waals surface area contributed by atoms with Crippen LogP contribution in [0.3, 0.4) is 0 Å². The maximum Gasteiger partial charge on any atom is 3.00 e. The van der Waals surface area contributed by atoms with Gasteiger partial charge in [-0.1, -0.05) is 16.2 Å². The van der Waals surface area contributed by atoms with E-state index >= 15 is 0 Å². The van der Waals surface area contributed by atoms with Gasteiger partial charge in [0.2, 0.25) is 0 Å². The normalized spacial score (nSPS) is 4.07. The number of thiocyanates is 3. The Morgan fingerprint density at radius 3 is 0.786 bits per heavy atom. The van der Waals surface area contributed by atoms with Crippen molar-refractivity contribution in [3.63, 3.8) is 0 Å². The Morgan fingerprint density at radius 1 is 0.786 bits per heavy atom. The minimum atomic E-state index is -2.62. The molecule has 0 aliphatic heterocycles. The SMILES string of the molecule is N#C[S-].N#C[S-].N#C[S-].OP(O)O.[Au+3]. The molecule has 0 radical (unpaired) electrons. The molecule has 11 heteroatoms. The summed E-state index contributed by atoms with van der Waals surface area (Å²) in [6.45, 7) is 0. The molecule has 82 valence electrons. The Bertz CT molecular complexity index is 157. The van der Waals surface area contributed by atoms with Crippen molar-refractivity contribution < 1.29 is 37.1 Å². The number of rotatable bonds is 0. The summed E-state index contributed by atoms with van der Waals surface area (Å²) in [6.07, 6.45) is 0. The van der Waals surface area contributed by atoms with Crippen LogP contribution in [0.4, 0.5) is 0 Å². The van der Waals surface area contributed by atoms with E-state index in [2.05, 4.69) is 37.9 Å². The van der Waals surface area contributed by atoms with E-state index < -0.39 is 8.60 Å². The molecule has 0 aliphatic carbocycles. The van der Waals surface area contributed by atoms with Gasteiger partial charge in [-0.05, 0) is 0 Å². The van der Waals surface area contributed by atoms with E-state index in [4.69, 9.17) is 30.5 Å². The molecular weight excluding hydrogens is 450 g/mol. The van der Waals surface area contributed by atoms with E-state index in [0.29, 0.717) is 0 Å². The van der Waals surface area contributed by atoms with Crippen molar-refractivity contribution in [2.45, 2.75) is 0 Å². The molecule has 0 aromatic rings. The van der Waals surface area contributed by atoms with Crippen LogP contribution < -0.4 is 0 Å². The molecule has 0 saturated carbocycles. The van der Waals surface area contributed by atoms with E-state index in [1.807, 2.05) is 0 Å². The number of nitriles is 3. The van der Waals surface area contributed by atoms with E-state index in [-0.39, 0.29) is 22.4 Å². The van der Waals surface area contributed by atoms with Gasteiger partial charge < -0.3 is 52.6 Å². The molecule has 0 unspecified atom stereocenters. The monoisotopic (exact) mass is 453 g/mol.